The van der Waals surface area contributed by atoms with E-state index in [0.29, 0.717) is 5.41 Å². The van der Waals surface area contributed by atoms with E-state index in [-0.39, 0.29) is 0 Å². The second kappa shape index (κ2) is 3.00. The van der Waals surface area contributed by atoms with Crippen LogP contribution in [0, 0.1) is 17.3 Å². The Balaban J connectivity index is 2.63. The molecule has 64 valence electrons. The quantitative estimate of drug-likeness (QED) is 0.503. The van der Waals surface area contributed by atoms with E-state index in [0.717, 1.165) is 11.8 Å². The molecule has 0 aromatic heterocycles. The summed E-state index contributed by atoms with van der Waals surface area (Å²) in [6.07, 6.45) is 6.26. The number of hydrogen-bond donors (Lipinski definition) is 0. The third-order valence-electron chi connectivity index (χ3n) is 3.23. The van der Waals surface area contributed by atoms with Gasteiger partial charge in [-0.2, -0.15) is 0 Å². The fraction of sp³-hybridized carbons (Fsp3) is 0.818. The molecule has 2 unspecified atom stereocenters. The Morgan fingerprint density at radius 2 is 2.09 bits per heavy atom. The van der Waals surface area contributed by atoms with E-state index in [1.165, 1.54) is 19.3 Å². The topological polar surface area (TPSA) is 0 Å². The summed E-state index contributed by atoms with van der Waals surface area (Å²) in [6.45, 7) is 11.0. The van der Waals surface area contributed by atoms with Crippen LogP contribution in [-0.4, -0.2) is 0 Å². The maximum Gasteiger partial charge on any atom is -0.0182 e. The molecular formula is C11H20. The lowest BCUT2D eigenvalue weighted by Gasteiger charge is -2.39. The minimum atomic E-state index is 0.508. The van der Waals surface area contributed by atoms with E-state index in [1.54, 1.807) is 0 Å². The Hall–Kier alpha value is -0.260. The molecule has 0 aromatic rings. The van der Waals surface area contributed by atoms with Crippen molar-refractivity contribution in [2.75, 3.05) is 0 Å². The molecule has 1 aliphatic carbocycles. The standard InChI is InChI=1S/C11H20/c1-5-10-8-9(2)6-7-11(10,3)4/h5,9-10H,1,6-8H2,2-4H3. The molecular weight excluding hydrogens is 132 g/mol. The molecule has 1 saturated carbocycles. The first-order chi connectivity index (χ1) is 5.06. The summed E-state index contributed by atoms with van der Waals surface area (Å²) in [6, 6.07) is 0. The molecule has 2 atom stereocenters. The first kappa shape index (κ1) is 8.83. The van der Waals surface area contributed by atoms with E-state index in [4.69, 9.17) is 0 Å². The van der Waals surface area contributed by atoms with Gasteiger partial charge in [0.15, 0.2) is 0 Å². The maximum absolute atomic E-state index is 3.91. The highest BCUT2D eigenvalue weighted by Crippen LogP contribution is 2.43. The zero-order valence-electron chi connectivity index (χ0n) is 8.06. The Labute approximate surface area is 70.7 Å². The largest absolute Gasteiger partial charge is 0.103 e. The van der Waals surface area contributed by atoms with Crippen LogP contribution in [0.2, 0.25) is 0 Å². The van der Waals surface area contributed by atoms with E-state index >= 15 is 0 Å². The first-order valence-corrected chi connectivity index (χ1v) is 4.69. The van der Waals surface area contributed by atoms with Crippen LogP contribution in [0.5, 0.6) is 0 Å². The van der Waals surface area contributed by atoms with Gasteiger partial charge in [-0.3, -0.25) is 0 Å². The number of allylic oxidation sites excluding steroid dienone is 1. The molecule has 1 fully saturated rings. The second-order valence-corrected chi connectivity index (χ2v) is 4.71. The zero-order chi connectivity index (χ0) is 8.48. The summed E-state index contributed by atoms with van der Waals surface area (Å²) < 4.78 is 0. The molecule has 11 heavy (non-hydrogen) atoms. The maximum atomic E-state index is 3.91. The average Bonchev–Trinajstić information content (AvgIpc) is 1.94. The summed E-state index contributed by atoms with van der Waals surface area (Å²) in [4.78, 5) is 0. The fourth-order valence-corrected chi connectivity index (χ4v) is 2.09. The molecule has 0 aromatic carbocycles. The van der Waals surface area contributed by atoms with Gasteiger partial charge in [0.2, 0.25) is 0 Å². The van der Waals surface area contributed by atoms with Crippen molar-refractivity contribution in [2.24, 2.45) is 17.3 Å². The lowest BCUT2D eigenvalue weighted by atomic mass is 9.66. The SMILES string of the molecule is C=CC1CC(C)CCC1(C)C. The highest BCUT2D eigenvalue weighted by molar-refractivity contribution is 4.94. The van der Waals surface area contributed by atoms with Gasteiger partial charge in [-0.1, -0.05) is 33.3 Å². The van der Waals surface area contributed by atoms with Gasteiger partial charge in [0, 0.05) is 0 Å². The molecule has 1 aliphatic rings. The fourth-order valence-electron chi connectivity index (χ4n) is 2.09. The third kappa shape index (κ3) is 1.85. The zero-order valence-corrected chi connectivity index (χ0v) is 8.06. The molecule has 0 nitrogen and oxygen atoms in total. The van der Waals surface area contributed by atoms with Crippen molar-refractivity contribution in [1.82, 2.24) is 0 Å². The van der Waals surface area contributed by atoms with Gasteiger partial charge in [0.25, 0.3) is 0 Å². The molecule has 0 heterocycles. The van der Waals surface area contributed by atoms with E-state index in [9.17, 15) is 0 Å². The Kier molecular flexibility index (Phi) is 2.41. The van der Waals surface area contributed by atoms with Gasteiger partial charge in [0.1, 0.15) is 0 Å². The molecule has 0 radical (unpaired) electrons. The summed E-state index contributed by atoms with van der Waals surface area (Å²) in [5, 5.41) is 0. The highest BCUT2D eigenvalue weighted by Gasteiger charge is 2.32. The van der Waals surface area contributed by atoms with E-state index in [2.05, 4.69) is 33.4 Å². The first-order valence-electron chi connectivity index (χ1n) is 4.69. The van der Waals surface area contributed by atoms with Gasteiger partial charge in [-0.05, 0) is 30.1 Å². The molecule has 0 saturated heterocycles. The number of hydrogen-bond acceptors (Lipinski definition) is 0. The van der Waals surface area contributed by atoms with Crippen molar-refractivity contribution < 1.29 is 0 Å². The normalized spacial score (nSPS) is 36.6. The monoisotopic (exact) mass is 152 g/mol. The summed E-state index contributed by atoms with van der Waals surface area (Å²) in [5.41, 5.74) is 0.508. The van der Waals surface area contributed by atoms with Crippen molar-refractivity contribution in [2.45, 2.75) is 40.0 Å². The van der Waals surface area contributed by atoms with Crippen LogP contribution < -0.4 is 0 Å². The Bertz CT molecular complexity index is 144. The number of rotatable bonds is 1. The molecule has 0 aliphatic heterocycles. The highest BCUT2D eigenvalue weighted by atomic mass is 14.4. The van der Waals surface area contributed by atoms with Gasteiger partial charge in [0.05, 0.1) is 0 Å². The summed E-state index contributed by atoms with van der Waals surface area (Å²) in [5.74, 6) is 1.65. The van der Waals surface area contributed by atoms with Crippen molar-refractivity contribution in [3.05, 3.63) is 12.7 Å². The summed E-state index contributed by atoms with van der Waals surface area (Å²) in [7, 11) is 0. The predicted octanol–water partition coefficient (Wildman–Crippen LogP) is 3.63. The van der Waals surface area contributed by atoms with Gasteiger partial charge < -0.3 is 0 Å². The van der Waals surface area contributed by atoms with Gasteiger partial charge >= 0.3 is 0 Å². The molecule has 0 spiro atoms. The molecule has 0 heteroatoms. The minimum absolute atomic E-state index is 0.508. The Morgan fingerprint density at radius 3 is 2.55 bits per heavy atom. The summed E-state index contributed by atoms with van der Waals surface area (Å²) >= 11 is 0. The smallest absolute Gasteiger partial charge is 0.0182 e. The average molecular weight is 152 g/mol. The molecule has 0 amide bonds. The van der Waals surface area contributed by atoms with E-state index < -0.39 is 0 Å². The molecule has 1 rings (SSSR count). The van der Waals surface area contributed by atoms with Crippen LogP contribution >= 0.6 is 0 Å². The Morgan fingerprint density at radius 1 is 1.45 bits per heavy atom. The van der Waals surface area contributed by atoms with E-state index in [1.807, 2.05) is 0 Å². The minimum Gasteiger partial charge on any atom is -0.103 e. The van der Waals surface area contributed by atoms with Gasteiger partial charge in [-0.25, -0.2) is 0 Å². The molecule has 0 N–H and O–H groups in total. The second-order valence-electron chi connectivity index (χ2n) is 4.71. The van der Waals surface area contributed by atoms with Crippen LogP contribution in [0.1, 0.15) is 40.0 Å². The molecule has 0 bridgehead atoms. The lowest BCUT2D eigenvalue weighted by Crippen LogP contribution is -2.29. The lowest BCUT2D eigenvalue weighted by molar-refractivity contribution is 0.140. The van der Waals surface area contributed by atoms with Gasteiger partial charge in [-0.15, -0.1) is 6.58 Å². The van der Waals surface area contributed by atoms with Crippen molar-refractivity contribution in [3.8, 4) is 0 Å². The third-order valence-corrected chi connectivity index (χ3v) is 3.23. The van der Waals surface area contributed by atoms with Crippen LogP contribution in [0.3, 0.4) is 0 Å². The van der Waals surface area contributed by atoms with Crippen LogP contribution in [0.4, 0.5) is 0 Å². The van der Waals surface area contributed by atoms with Crippen LogP contribution in [0.15, 0.2) is 12.7 Å². The van der Waals surface area contributed by atoms with Crippen LogP contribution in [0.25, 0.3) is 0 Å². The van der Waals surface area contributed by atoms with Crippen molar-refractivity contribution in [1.29, 1.82) is 0 Å². The predicted molar refractivity (Wildman–Crippen MR) is 50.5 cm³/mol. The van der Waals surface area contributed by atoms with Crippen molar-refractivity contribution >= 4 is 0 Å². The van der Waals surface area contributed by atoms with Crippen LogP contribution in [-0.2, 0) is 0 Å². The van der Waals surface area contributed by atoms with Crippen molar-refractivity contribution in [3.63, 3.8) is 0 Å².